The van der Waals surface area contributed by atoms with E-state index in [1.807, 2.05) is 11.8 Å². The zero-order chi connectivity index (χ0) is 9.35. The molecule has 1 unspecified atom stereocenters. The minimum Gasteiger partial charge on any atom is -0.307 e. The monoisotopic (exact) mass is 184 g/mol. The SMILES string of the molecule is CC(C)C1N=C(C=N)C(C)(C)S1. The third-order valence-corrected chi connectivity index (χ3v) is 3.70. The van der Waals surface area contributed by atoms with Crippen LogP contribution in [0.2, 0.25) is 0 Å². The second-order valence-corrected chi connectivity index (χ2v) is 5.66. The van der Waals surface area contributed by atoms with E-state index in [0.29, 0.717) is 11.3 Å². The van der Waals surface area contributed by atoms with Gasteiger partial charge in [0.1, 0.15) is 0 Å². The van der Waals surface area contributed by atoms with Gasteiger partial charge >= 0.3 is 0 Å². The number of nitrogens with zero attached hydrogens (tertiary/aromatic N) is 1. The summed E-state index contributed by atoms with van der Waals surface area (Å²) in [7, 11) is 0. The highest BCUT2D eigenvalue weighted by atomic mass is 32.2. The Morgan fingerprint density at radius 3 is 2.42 bits per heavy atom. The average molecular weight is 184 g/mol. The lowest BCUT2D eigenvalue weighted by Gasteiger charge is -2.18. The van der Waals surface area contributed by atoms with Gasteiger partial charge in [-0.15, -0.1) is 11.8 Å². The molecule has 1 N–H and O–H groups in total. The molecule has 0 aromatic rings. The molecule has 1 heterocycles. The van der Waals surface area contributed by atoms with Crippen LogP contribution in [0.4, 0.5) is 0 Å². The van der Waals surface area contributed by atoms with E-state index in [-0.39, 0.29) is 4.75 Å². The fraction of sp³-hybridized carbons (Fsp3) is 0.778. The molecular formula is C9H16N2S. The topological polar surface area (TPSA) is 36.2 Å². The van der Waals surface area contributed by atoms with Crippen LogP contribution in [0.15, 0.2) is 4.99 Å². The van der Waals surface area contributed by atoms with E-state index in [9.17, 15) is 0 Å². The molecule has 0 aromatic heterocycles. The number of hydrogen-bond acceptors (Lipinski definition) is 3. The lowest BCUT2D eigenvalue weighted by atomic mass is 10.1. The molecular weight excluding hydrogens is 168 g/mol. The van der Waals surface area contributed by atoms with Crippen molar-refractivity contribution in [1.29, 1.82) is 5.41 Å². The molecule has 2 nitrogen and oxygen atoms in total. The van der Waals surface area contributed by atoms with Gasteiger partial charge in [-0.05, 0) is 19.8 Å². The first-order valence-corrected chi connectivity index (χ1v) is 5.12. The molecule has 0 aromatic carbocycles. The molecule has 1 rings (SSSR count). The number of hydrogen-bond donors (Lipinski definition) is 1. The molecule has 0 aliphatic carbocycles. The Morgan fingerprint density at radius 2 is 2.17 bits per heavy atom. The van der Waals surface area contributed by atoms with Gasteiger partial charge in [0.15, 0.2) is 0 Å². The van der Waals surface area contributed by atoms with Gasteiger partial charge in [0.05, 0.1) is 15.8 Å². The molecule has 0 bridgehead atoms. The lowest BCUT2D eigenvalue weighted by molar-refractivity contribution is 0.631. The third-order valence-electron chi connectivity index (χ3n) is 2.01. The summed E-state index contributed by atoms with van der Waals surface area (Å²) in [5.41, 5.74) is 0.922. The number of thioether (sulfide) groups is 1. The van der Waals surface area contributed by atoms with Gasteiger partial charge in [-0.3, -0.25) is 4.99 Å². The predicted octanol–water partition coefficient (Wildman–Crippen LogP) is 2.58. The minimum atomic E-state index is 0.0384. The fourth-order valence-corrected chi connectivity index (χ4v) is 2.45. The van der Waals surface area contributed by atoms with E-state index in [1.54, 1.807) is 0 Å². The Labute approximate surface area is 78.4 Å². The van der Waals surface area contributed by atoms with Crippen LogP contribution in [0.1, 0.15) is 27.7 Å². The van der Waals surface area contributed by atoms with Crippen molar-refractivity contribution in [2.45, 2.75) is 37.8 Å². The van der Waals surface area contributed by atoms with Crippen molar-refractivity contribution in [1.82, 2.24) is 0 Å². The summed E-state index contributed by atoms with van der Waals surface area (Å²) in [6.07, 6.45) is 1.38. The van der Waals surface area contributed by atoms with Crippen LogP contribution in [0.3, 0.4) is 0 Å². The van der Waals surface area contributed by atoms with Crippen molar-refractivity contribution in [2.75, 3.05) is 0 Å². The Bertz CT molecular complexity index is 219. The van der Waals surface area contributed by atoms with Gasteiger partial charge in [-0.1, -0.05) is 13.8 Å². The highest BCUT2D eigenvalue weighted by Gasteiger charge is 2.35. The van der Waals surface area contributed by atoms with E-state index < -0.39 is 0 Å². The van der Waals surface area contributed by atoms with E-state index in [4.69, 9.17) is 5.41 Å². The molecule has 0 fully saturated rings. The average Bonchev–Trinajstić information content (AvgIpc) is 2.25. The quantitative estimate of drug-likeness (QED) is 0.658. The third kappa shape index (κ3) is 1.71. The first kappa shape index (κ1) is 9.78. The van der Waals surface area contributed by atoms with Crippen LogP contribution in [0, 0.1) is 11.3 Å². The van der Waals surface area contributed by atoms with Crippen LogP contribution >= 0.6 is 11.8 Å². The lowest BCUT2D eigenvalue weighted by Crippen LogP contribution is -2.25. The van der Waals surface area contributed by atoms with E-state index in [1.165, 1.54) is 6.21 Å². The summed E-state index contributed by atoms with van der Waals surface area (Å²) in [5.74, 6) is 0.562. The van der Waals surface area contributed by atoms with Gasteiger partial charge in [0, 0.05) is 6.21 Å². The molecule has 0 saturated carbocycles. The first-order chi connectivity index (χ1) is 5.47. The molecule has 0 radical (unpaired) electrons. The second-order valence-electron chi connectivity index (χ2n) is 3.92. The summed E-state index contributed by atoms with van der Waals surface area (Å²) in [6, 6.07) is 0. The largest absolute Gasteiger partial charge is 0.307 e. The summed E-state index contributed by atoms with van der Waals surface area (Å²) in [4.78, 5) is 4.50. The maximum Gasteiger partial charge on any atom is 0.0987 e. The van der Waals surface area contributed by atoms with Crippen LogP contribution in [0.5, 0.6) is 0 Å². The first-order valence-electron chi connectivity index (χ1n) is 4.24. The summed E-state index contributed by atoms with van der Waals surface area (Å²) in [6.45, 7) is 8.60. The molecule has 3 heteroatoms. The van der Waals surface area contributed by atoms with Gasteiger partial charge in [-0.25, -0.2) is 0 Å². The molecule has 1 atom stereocenters. The van der Waals surface area contributed by atoms with Crippen molar-refractivity contribution >= 4 is 23.7 Å². The van der Waals surface area contributed by atoms with Crippen molar-refractivity contribution in [2.24, 2.45) is 10.9 Å². The van der Waals surface area contributed by atoms with Crippen molar-refractivity contribution in [3.8, 4) is 0 Å². The predicted molar refractivity (Wildman–Crippen MR) is 56.5 cm³/mol. The highest BCUT2D eigenvalue weighted by Crippen LogP contribution is 2.39. The highest BCUT2D eigenvalue weighted by molar-refractivity contribution is 8.02. The fourth-order valence-electron chi connectivity index (χ4n) is 1.18. The zero-order valence-electron chi connectivity index (χ0n) is 8.09. The zero-order valence-corrected chi connectivity index (χ0v) is 8.90. The van der Waals surface area contributed by atoms with Crippen LogP contribution in [-0.4, -0.2) is 22.0 Å². The smallest absolute Gasteiger partial charge is 0.0987 e. The van der Waals surface area contributed by atoms with Crippen molar-refractivity contribution in [3.05, 3.63) is 0 Å². The summed E-state index contributed by atoms with van der Waals surface area (Å²) in [5, 5.41) is 7.56. The van der Waals surface area contributed by atoms with Crippen LogP contribution < -0.4 is 0 Å². The van der Waals surface area contributed by atoms with Crippen LogP contribution in [0.25, 0.3) is 0 Å². The number of aliphatic imine (C=N–C) groups is 1. The molecule has 1 aliphatic rings. The molecule has 12 heavy (non-hydrogen) atoms. The van der Waals surface area contributed by atoms with Gasteiger partial charge in [0.2, 0.25) is 0 Å². The Hall–Kier alpha value is -0.310. The Kier molecular flexibility index (Phi) is 2.61. The maximum absolute atomic E-state index is 7.22. The molecule has 1 aliphatic heterocycles. The number of rotatable bonds is 2. The van der Waals surface area contributed by atoms with Crippen LogP contribution in [-0.2, 0) is 0 Å². The second kappa shape index (κ2) is 3.21. The normalized spacial score (nSPS) is 27.4. The van der Waals surface area contributed by atoms with Gasteiger partial charge in [-0.2, -0.15) is 0 Å². The molecule has 0 spiro atoms. The van der Waals surface area contributed by atoms with Crippen molar-refractivity contribution < 1.29 is 0 Å². The van der Waals surface area contributed by atoms with Gasteiger partial charge < -0.3 is 5.41 Å². The van der Waals surface area contributed by atoms with E-state index in [0.717, 1.165) is 5.71 Å². The summed E-state index contributed by atoms with van der Waals surface area (Å²) < 4.78 is 0.0384. The summed E-state index contributed by atoms with van der Waals surface area (Å²) >= 11 is 1.85. The molecule has 0 amide bonds. The van der Waals surface area contributed by atoms with Gasteiger partial charge in [0.25, 0.3) is 0 Å². The van der Waals surface area contributed by atoms with E-state index >= 15 is 0 Å². The Morgan fingerprint density at radius 1 is 1.58 bits per heavy atom. The Balaban J connectivity index is 2.82. The molecule has 0 saturated heterocycles. The number of nitrogens with one attached hydrogen (secondary N) is 1. The standard InChI is InChI=1S/C9H16N2S/c1-6(2)8-11-7(5-10)9(3,4)12-8/h5-6,8,10H,1-4H3. The van der Waals surface area contributed by atoms with E-state index in [2.05, 4.69) is 32.7 Å². The van der Waals surface area contributed by atoms with Crippen molar-refractivity contribution in [3.63, 3.8) is 0 Å². The minimum absolute atomic E-state index is 0.0384. The molecule has 68 valence electrons. The maximum atomic E-state index is 7.22.